The van der Waals surface area contributed by atoms with Crippen LogP contribution in [0, 0.1) is 5.92 Å². The Kier molecular flexibility index (Phi) is 5.54. The highest BCUT2D eigenvalue weighted by atomic mass is 35.5. The van der Waals surface area contributed by atoms with Gasteiger partial charge in [-0.2, -0.15) is 5.10 Å². The minimum absolute atomic E-state index is 0.0712. The molecule has 1 atom stereocenters. The van der Waals surface area contributed by atoms with E-state index >= 15 is 0 Å². The van der Waals surface area contributed by atoms with E-state index in [0.717, 1.165) is 0 Å². The quantitative estimate of drug-likeness (QED) is 0.570. The molecule has 8 heteroatoms. The maximum atomic E-state index is 12.6. The number of carbonyl (C=O) groups excluding carboxylic acids is 2. The Bertz CT molecular complexity index is 868. The molecule has 0 aliphatic carbocycles. The van der Waals surface area contributed by atoms with Crippen molar-refractivity contribution in [1.29, 1.82) is 0 Å². The predicted octanol–water partition coefficient (Wildman–Crippen LogP) is 3.97. The van der Waals surface area contributed by atoms with Crippen LogP contribution in [0.4, 0.5) is 5.69 Å². The second-order valence-electron chi connectivity index (χ2n) is 5.69. The third-order valence-electron chi connectivity index (χ3n) is 3.96. The number of benzene rings is 1. The number of anilines is 1. The van der Waals surface area contributed by atoms with Gasteiger partial charge in [0, 0.05) is 16.9 Å². The summed E-state index contributed by atoms with van der Waals surface area (Å²) in [7, 11) is 0. The fraction of sp³-hybridized carbons (Fsp3) is 0.222. The number of ether oxygens (including phenoxy) is 1. The van der Waals surface area contributed by atoms with Crippen LogP contribution in [0.5, 0.6) is 0 Å². The van der Waals surface area contributed by atoms with Crippen molar-refractivity contribution in [1.82, 2.24) is 4.98 Å². The van der Waals surface area contributed by atoms with Crippen LogP contribution in [-0.2, 0) is 9.53 Å². The fourth-order valence-corrected chi connectivity index (χ4v) is 2.91. The summed E-state index contributed by atoms with van der Waals surface area (Å²) in [6.07, 6.45) is 1.82. The van der Waals surface area contributed by atoms with Crippen molar-refractivity contribution < 1.29 is 14.3 Å². The van der Waals surface area contributed by atoms with Gasteiger partial charge in [0.05, 0.1) is 23.8 Å². The normalized spacial score (nSPS) is 16.6. The Morgan fingerprint density at radius 3 is 2.65 bits per heavy atom. The van der Waals surface area contributed by atoms with Crippen molar-refractivity contribution in [2.45, 2.75) is 13.3 Å². The monoisotopic (exact) mass is 391 g/mol. The SMILES string of the molecule is CC1=NN(c2ccc(Cl)cc2)C(=O)[C@H]1CCOC(=O)c1cccnc1Cl. The smallest absolute Gasteiger partial charge is 0.341 e. The summed E-state index contributed by atoms with van der Waals surface area (Å²) < 4.78 is 5.22. The van der Waals surface area contributed by atoms with E-state index in [1.54, 1.807) is 37.3 Å². The van der Waals surface area contributed by atoms with Crippen LogP contribution in [0.25, 0.3) is 0 Å². The number of carbonyl (C=O) groups is 2. The Morgan fingerprint density at radius 1 is 1.23 bits per heavy atom. The Balaban J connectivity index is 1.60. The van der Waals surface area contributed by atoms with Gasteiger partial charge in [0.15, 0.2) is 0 Å². The van der Waals surface area contributed by atoms with Crippen LogP contribution >= 0.6 is 23.2 Å². The summed E-state index contributed by atoms with van der Waals surface area (Å²) in [5, 5.41) is 6.32. The molecule has 0 saturated heterocycles. The molecular weight excluding hydrogens is 377 g/mol. The number of esters is 1. The van der Waals surface area contributed by atoms with Crippen molar-refractivity contribution in [3.8, 4) is 0 Å². The summed E-state index contributed by atoms with van der Waals surface area (Å²) in [5.41, 5.74) is 1.50. The Labute approximate surface area is 160 Å². The molecule has 0 bridgehead atoms. The molecule has 2 heterocycles. The lowest BCUT2D eigenvalue weighted by Crippen LogP contribution is -2.28. The average molecular weight is 392 g/mol. The van der Waals surface area contributed by atoms with Gasteiger partial charge in [-0.15, -0.1) is 0 Å². The van der Waals surface area contributed by atoms with Crippen molar-refractivity contribution in [2.24, 2.45) is 11.0 Å². The van der Waals surface area contributed by atoms with E-state index in [1.165, 1.54) is 17.3 Å². The summed E-state index contributed by atoms with van der Waals surface area (Å²) >= 11 is 11.7. The van der Waals surface area contributed by atoms with Crippen LogP contribution in [0.1, 0.15) is 23.7 Å². The van der Waals surface area contributed by atoms with Crippen LogP contribution in [-0.4, -0.2) is 29.2 Å². The first kappa shape index (κ1) is 18.4. The number of nitrogens with zero attached hydrogens (tertiary/aromatic N) is 3. The largest absolute Gasteiger partial charge is 0.462 e. The van der Waals surface area contributed by atoms with E-state index in [9.17, 15) is 9.59 Å². The van der Waals surface area contributed by atoms with Gasteiger partial charge >= 0.3 is 5.97 Å². The molecule has 6 nitrogen and oxygen atoms in total. The van der Waals surface area contributed by atoms with Gasteiger partial charge < -0.3 is 4.74 Å². The molecule has 0 N–H and O–H groups in total. The van der Waals surface area contributed by atoms with Crippen molar-refractivity contribution in [2.75, 3.05) is 11.6 Å². The number of aromatic nitrogens is 1. The van der Waals surface area contributed by atoms with E-state index in [4.69, 9.17) is 27.9 Å². The summed E-state index contributed by atoms with van der Waals surface area (Å²) in [4.78, 5) is 28.5. The Morgan fingerprint density at radius 2 is 1.96 bits per heavy atom. The zero-order valence-corrected chi connectivity index (χ0v) is 15.4. The molecule has 1 amide bonds. The summed E-state index contributed by atoms with van der Waals surface area (Å²) in [6, 6.07) is 9.98. The van der Waals surface area contributed by atoms with Crippen LogP contribution in [0.15, 0.2) is 47.7 Å². The van der Waals surface area contributed by atoms with Gasteiger partial charge in [0.1, 0.15) is 5.15 Å². The molecule has 1 aromatic carbocycles. The highest BCUT2D eigenvalue weighted by Gasteiger charge is 2.34. The zero-order valence-electron chi connectivity index (χ0n) is 13.9. The minimum atomic E-state index is -0.572. The van der Waals surface area contributed by atoms with Gasteiger partial charge in [-0.25, -0.2) is 14.8 Å². The molecule has 26 heavy (non-hydrogen) atoms. The number of hydrogen-bond acceptors (Lipinski definition) is 5. The lowest BCUT2D eigenvalue weighted by Gasteiger charge is -2.14. The molecule has 2 aromatic rings. The molecular formula is C18H15Cl2N3O3. The van der Waals surface area contributed by atoms with E-state index in [1.807, 2.05) is 0 Å². The third-order valence-corrected chi connectivity index (χ3v) is 4.51. The number of halogens is 2. The van der Waals surface area contributed by atoms with Crippen molar-refractivity contribution in [3.05, 3.63) is 58.3 Å². The molecule has 3 rings (SSSR count). The van der Waals surface area contributed by atoms with Gasteiger partial charge in [-0.3, -0.25) is 4.79 Å². The fourth-order valence-electron chi connectivity index (χ4n) is 2.59. The first-order valence-corrected chi connectivity index (χ1v) is 8.65. The zero-order chi connectivity index (χ0) is 18.7. The highest BCUT2D eigenvalue weighted by molar-refractivity contribution is 6.32. The van der Waals surface area contributed by atoms with E-state index in [-0.39, 0.29) is 23.2 Å². The maximum Gasteiger partial charge on any atom is 0.341 e. The minimum Gasteiger partial charge on any atom is -0.462 e. The standard InChI is InChI=1S/C18H15Cl2N3O3/c1-11-14(8-10-26-18(25)15-3-2-9-21-16(15)20)17(24)23(22-11)13-6-4-12(19)5-7-13/h2-7,9,14H,8,10H2,1H3/t14-/m0/s1. The topological polar surface area (TPSA) is 71.9 Å². The lowest BCUT2D eigenvalue weighted by molar-refractivity contribution is -0.120. The van der Waals surface area contributed by atoms with Crippen LogP contribution < -0.4 is 5.01 Å². The molecule has 134 valence electrons. The van der Waals surface area contributed by atoms with E-state index in [0.29, 0.717) is 22.8 Å². The molecule has 0 saturated carbocycles. The van der Waals surface area contributed by atoms with Gasteiger partial charge in [0.25, 0.3) is 5.91 Å². The highest BCUT2D eigenvalue weighted by Crippen LogP contribution is 2.27. The molecule has 0 fully saturated rings. The molecule has 1 aliphatic heterocycles. The average Bonchev–Trinajstić information content (AvgIpc) is 2.91. The molecule has 1 aromatic heterocycles. The maximum absolute atomic E-state index is 12.6. The number of amides is 1. The molecule has 0 spiro atoms. The Hall–Kier alpha value is -2.44. The van der Waals surface area contributed by atoms with Gasteiger partial charge in [-0.1, -0.05) is 23.2 Å². The number of rotatable bonds is 5. The van der Waals surface area contributed by atoms with Crippen molar-refractivity contribution in [3.63, 3.8) is 0 Å². The number of pyridine rings is 1. The van der Waals surface area contributed by atoms with E-state index < -0.39 is 11.9 Å². The summed E-state index contributed by atoms with van der Waals surface area (Å²) in [6.45, 7) is 1.85. The van der Waals surface area contributed by atoms with Crippen LogP contribution in [0.2, 0.25) is 10.2 Å². The van der Waals surface area contributed by atoms with Crippen molar-refractivity contribution >= 4 is 46.5 Å². The molecule has 0 radical (unpaired) electrons. The molecule has 0 unspecified atom stereocenters. The van der Waals surface area contributed by atoms with Gasteiger partial charge in [-0.05, 0) is 49.7 Å². The molecule has 1 aliphatic rings. The predicted molar refractivity (Wildman–Crippen MR) is 99.7 cm³/mol. The third kappa shape index (κ3) is 3.86. The number of hydrogen-bond donors (Lipinski definition) is 0. The van der Waals surface area contributed by atoms with Gasteiger partial charge in [0.2, 0.25) is 0 Å². The number of hydrazone groups is 1. The van der Waals surface area contributed by atoms with E-state index in [2.05, 4.69) is 10.1 Å². The first-order valence-electron chi connectivity index (χ1n) is 7.89. The summed E-state index contributed by atoms with van der Waals surface area (Å²) in [5.74, 6) is -1.18. The second kappa shape index (κ2) is 7.85. The second-order valence-corrected chi connectivity index (χ2v) is 6.48. The van der Waals surface area contributed by atoms with Crippen LogP contribution in [0.3, 0.4) is 0 Å². The first-order chi connectivity index (χ1) is 12.5. The lowest BCUT2D eigenvalue weighted by atomic mass is 10.0.